The van der Waals surface area contributed by atoms with Crippen LogP contribution in [0.3, 0.4) is 0 Å². The predicted octanol–water partition coefficient (Wildman–Crippen LogP) is 5.46. The van der Waals surface area contributed by atoms with Crippen molar-refractivity contribution in [3.63, 3.8) is 0 Å². The number of imidazole rings is 1. The fourth-order valence-corrected chi connectivity index (χ4v) is 6.27. The molecule has 32 heavy (non-hydrogen) atoms. The molecule has 0 radical (unpaired) electrons. The number of hydrogen-bond donors (Lipinski definition) is 1. The number of aromatic nitrogens is 4. The van der Waals surface area contributed by atoms with Gasteiger partial charge in [-0.2, -0.15) is 0 Å². The number of benzene rings is 1. The molecule has 0 unspecified atom stereocenters. The first kappa shape index (κ1) is 21.8. The summed E-state index contributed by atoms with van der Waals surface area (Å²) in [5.41, 5.74) is 3.18. The molecule has 1 aromatic carbocycles. The van der Waals surface area contributed by atoms with E-state index < -0.39 is 0 Å². The molecule has 3 heterocycles. The number of phenols is 1. The minimum Gasteiger partial charge on any atom is -0.506 e. The fourth-order valence-electron chi connectivity index (χ4n) is 4.00. The number of phenolic OH excluding ortho intramolecular Hbond substituents is 1. The van der Waals surface area contributed by atoms with E-state index in [4.69, 9.17) is 4.74 Å². The zero-order valence-electron chi connectivity index (χ0n) is 17.3. The predicted molar refractivity (Wildman–Crippen MR) is 134 cm³/mol. The van der Waals surface area contributed by atoms with Crippen LogP contribution in [0, 0.1) is 3.57 Å². The Bertz CT molecular complexity index is 1260. The quantitative estimate of drug-likeness (QED) is 0.170. The van der Waals surface area contributed by atoms with Crippen molar-refractivity contribution in [1.29, 1.82) is 0 Å². The third-order valence-corrected chi connectivity index (χ3v) is 8.26. The summed E-state index contributed by atoms with van der Waals surface area (Å²) < 4.78 is 11.4. The van der Waals surface area contributed by atoms with Gasteiger partial charge in [0.2, 0.25) is 0 Å². The van der Waals surface area contributed by atoms with Gasteiger partial charge in [0.25, 0.3) is 0 Å². The van der Waals surface area contributed by atoms with E-state index in [2.05, 4.69) is 37.1 Å². The third kappa shape index (κ3) is 4.03. The molecule has 166 valence electrons. The maximum Gasteiger partial charge on any atom is 0.340 e. The molecule has 1 fully saturated rings. The third-order valence-electron chi connectivity index (χ3n) is 5.46. The number of halogens is 1. The number of hydrogen-bond acceptors (Lipinski definition) is 7. The molecule has 1 N–H and O–H groups in total. The van der Waals surface area contributed by atoms with Gasteiger partial charge in [-0.15, -0.1) is 11.3 Å². The van der Waals surface area contributed by atoms with Crippen molar-refractivity contribution in [3.05, 3.63) is 56.8 Å². The minimum atomic E-state index is -0.348. The van der Waals surface area contributed by atoms with Crippen LogP contribution in [0.15, 0.2) is 40.7 Å². The first-order valence-electron chi connectivity index (χ1n) is 10.3. The van der Waals surface area contributed by atoms with Gasteiger partial charge >= 0.3 is 5.97 Å². The van der Waals surface area contributed by atoms with E-state index in [9.17, 15) is 9.90 Å². The number of aromatic hydroxyl groups is 1. The average molecular weight is 580 g/mol. The Labute approximate surface area is 207 Å². The van der Waals surface area contributed by atoms with Crippen molar-refractivity contribution >= 4 is 62.6 Å². The van der Waals surface area contributed by atoms with Crippen molar-refractivity contribution in [2.24, 2.45) is 0 Å². The van der Waals surface area contributed by atoms with Gasteiger partial charge in [-0.3, -0.25) is 0 Å². The highest BCUT2D eigenvalue weighted by Gasteiger charge is 2.34. The fraction of sp³-hybridized carbons (Fsp3) is 0.318. The summed E-state index contributed by atoms with van der Waals surface area (Å²) in [6, 6.07) is 2.34. The number of thiazole rings is 1. The summed E-state index contributed by atoms with van der Waals surface area (Å²) in [5.74, 6) is 0.456. The number of fused-ring (bicyclic) bond motifs is 1. The van der Waals surface area contributed by atoms with Crippen molar-refractivity contribution in [3.8, 4) is 5.75 Å². The molecule has 0 amide bonds. The first-order valence-corrected chi connectivity index (χ1v) is 13.2. The molecule has 1 aliphatic carbocycles. The molecular weight excluding hydrogens is 559 g/mol. The molecule has 1 saturated carbocycles. The number of rotatable bonds is 8. The van der Waals surface area contributed by atoms with Crippen LogP contribution in [0.1, 0.15) is 47.4 Å². The largest absolute Gasteiger partial charge is 0.506 e. The number of ether oxygens (including phenoxy) is 1. The number of thioether (sulfide) groups is 1. The molecular formula is C22H21IN4O3S2. The zero-order valence-corrected chi connectivity index (χ0v) is 21.1. The second kappa shape index (κ2) is 9.06. The van der Waals surface area contributed by atoms with Gasteiger partial charge < -0.3 is 19.0 Å². The summed E-state index contributed by atoms with van der Waals surface area (Å²) >= 11 is 5.38. The lowest BCUT2D eigenvalue weighted by molar-refractivity contribution is 0.0527. The van der Waals surface area contributed by atoms with E-state index in [0.717, 1.165) is 37.3 Å². The van der Waals surface area contributed by atoms with Gasteiger partial charge in [0.05, 0.1) is 34.1 Å². The SMILES string of the molecule is CCOC(=O)c1c(CSc2nccs2)n(C2CC2)c2cc(I)c(O)c(Cn3ccnc3)c12. The second-order valence-electron chi connectivity index (χ2n) is 7.54. The van der Waals surface area contributed by atoms with Gasteiger partial charge in [-0.05, 0) is 48.4 Å². The average Bonchev–Trinajstić information content (AvgIpc) is 3.17. The molecule has 7 nitrogen and oxygen atoms in total. The molecule has 4 aromatic rings. The van der Waals surface area contributed by atoms with Crippen LogP contribution < -0.4 is 0 Å². The van der Waals surface area contributed by atoms with Crippen LogP contribution in [0.25, 0.3) is 10.9 Å². The lowest BCUT2D eigenvalue weighted by Gasteiger charge is -2.12. The Balaban J connectivity index is 1.75. The minimum absolute atomic E-state index is 0.199. The van der Waals surface area contributed by atoms with E-state index in [1.807, 2.05) is 29.1 Å². The summed E-state index contributed by atoms with van der Waals surface area (Å²) in [6.07, 6.45) is 9.22. The zero-order chi connectivity index (χ0) is 22.2. The molecule has 1 aliphatic rings. The van der Waals surface area contributed by atoms with Gasteiger partial charge in [-0.1, -0.05) is 11.8 Å². The smallest absolute Gasteiger partial charge is 0.340 e. The van der Waals surface area contributed by atoms with Crippen LogP contribution in [0.5, 0.6) is 5.75 Å². The summed E-state index contributed by atoms with van der Waals surface area (Å²) in [7, 11) is 0. The molecule has 0 spiro atoms. The van der Waals surface area contributed by atoms with E-state index in [0.29, 0.717) is 36.1 Å². The highest BCUT2D eigenvalue weighted by molar-refractivity contribution is 14.1. The van der Waals surface area contributed by atoms with E-state index in [1.54, 1.807) is 41.8 Å². The standard InChI is InChI=1S/C22H21IN4O3S2/c1-2-30-21(29)19-17(11-32-22-25-6-8-31-22)27(13-3-4-13)16-9-15(23)20(28)14(18(16)19)10-26-7-5-24-12-26/h5-9,12-13,28H,2-4,10-11H2,1H3. The number of nitrogens with zero attached hydrogens (tertiary/aromatic N) is 4. The van der Waals surface area contributed by atoms with Gasteiger partial charge in [0, 0.05) is 52.4 Å². The molecule has 0 bridgehead atoms. The topological polar surface area (TPSA) is 82.2 Å². The molecule has 10 heteroatoms. The lowest BCUT2D eigenvalue weighted by Crippen LogP contribution is -2.10. The molecule has 0 aliphatic heterocycles. The molecule has 3 aromatic heterocycles. The Morgan fingerprint density at radius 2 is 2.25 bits per heavy atom. The lowest BCUT2D eigenvalue weighted by atomic mass is 10.0. The summed E-state index contributed by atoms with van der Waals surface area (Å²) in [6.45, 7) is 2.52. The van der Waals surface area contributed by atoms with Crippen LogP contribution in [0.2, 0.25) is 0 Å². The van der Waals surface area contributed by atoms with E-state index in [1.165, 1.54) is 0 Å². The molecule has 5 rings (SSSR count). The maximum absolute atomic E-state index is 13.3. The Hall–Kier alpha value is -2.05. The van der Waals surface area contributed by atoms with Crippen LogP contribution in [-0.2, 0) is 17.0 Å². The summed E-state index contributed by atoms with van der Waals surface area (Å²) in [4.78, 5) is 21.8. The molecule has 0 atom stereocenters. The van der Waals surface area contributed by atoms with Gasteiger partial charge in [0.15, 0.2) is 0 Å². The highest BCUT2D eigenvalue weighted by atomic mass is 127. The van der Waals surface area contributed by atoms with Crippen LogP contribution in [0.4, 0.5) is 0 Å². The number of carbonyl (C=O) groups excluding carboxylic acids is 1. The Morgan fingerprint density at radius 3 is 2.91 bits per heavy atom. The van der Waals surface area contributed by atoms with Crippen molar-refractivity contribution in [2.45, 2.75) is 42.4 Å². The van der Waals surface area contributed by atoms with Crippen molar-refractivity contribution in [2.75, 3.05) is 6.61 Å². The maximum atomic E-state index is 13.3. The monoisotopic (exact) mass is 580 g/mol. The van der Waals surface area contributed by atoms with Crippen LogP contribution >= 0.6 is 45.7 Å². The van der Waals surface area contributed by atoms with E-state index in [-0.39, 0.29) is 11.7 Å². The number of esters is 1. The van der Waals surface area contributed by atoms with E-state index >= 15 is 0 Å². The Morgan fingerprint density at radius 1 is 1.41 bits per heavy atom. The van der Waals surface area contributed by atoms with Crippen molar-refractivity contribution in [1.82, 2.24) is 19.1 Å². The van der Waals surface area contributed by atoms with Gasteiger partial charge in [-0.25, -0.2) is 14.8 Å². The van der Waals surface area contributed by atoms with Gasteiger partial charge in [0.1, 0.15) is 10.1 Å². The highest BCUT2D eigenvalue weighted by Crippen LogP contribution is 2.46. The second-order valence-corrected chi connectivity index (χ2v) is 10.8. The normalized spacial score (nSPS) is 13.7. The number of carbonyl (C=O) groups is 1. The van der Waals surface area contributed by atoms with Crippen molar-refractivity contribution < 1.29 is 14.6 Å². The first-order chi connectivity index (χ1) is 15.6. The molecule has 0 saturated heterocycles. The summed E-state index contributed by atoms with van der Waals surface area (Å²) in [5, 5.41) is 13.8. The van der Waals surface area contributed by atoms with Crippen LogP contribution in [-0.4, -0.2) is 36.8 Å². The Kier molecular flexibility index (Phi) is 6.17.